The van der Waals surface area contributed by atoms with Gasteiger partial charge in [-0.1, -0.05) is 6.07 Å². The summed E-state index contributed by atoms with van der Waals surface area (Å²) in [7, 11) is 0. The second-order valence-corrected chi connectivity index (χ2v) is 5.24. The highest BCUT2D eigenvalue weighted by Crippen LogP contribution is 2.53. The van der Waals surface area contributed by atoms with Crippen molar-refractivity contribution >= 4 is 5.82 Å². The Labute approximate surface area is 96.1 Å². The van der Waals surface area contributed by atoms with Crippen LogP contribution in [0.4, 0.5) is 5.82 Å². The van der Waals surface area contributed by atoms with Crippen molar-refractivity contribution in [2.24, 2.45) is 5.41 Å². The van der Waals surface area contributed by atoms with E-state index in [0.29, 0.717) is 5.41 Å². The van der Waals surface area contributed by atoms with Gasteiger partial charge in [0.05, 0.1) is 6.61 Å². The highest BCUT2D eigenvalue weighted by molar-refractivity contribution is 5.43. The lowest BCUT2D eigenvalue weighted by Crippen LogP contribution is -2.21. The summed E-state index contributed by atoms with van der Waals surface area (Å²) < 4.78 is 0. The van der Waals surface area contributed by atoms with Crippen molar-refractivity contribution < 1.29 is 5.11 Å². The SMILES string of the molecule is Cc1nc(N2CCC3(CC3)C2)ccc1CO. The molecular weight excluding hydrogens is 200 g/mol. The van der Waals surface area contributed by atoms with E-state index in [1.165, 1.54) is 25.8 Å². The molecule has 1 saturated carbocycles. The molecule has 1 spiro atoms. The normalized spacial score (nSPS) is 21.8. The van der Waals surface area contributed by atoms with Gasteiger partial charge in [-0.25, -0.2) is 4.98 Å². The van der Waals surface area contributed by atoms with Gasteiger partial charge in [0.2, 0.25) is 0 Å². The second-order valence-electron chi connectivity index (χ2n) is 5.24. The molecule has 1 saturated heterocycles. The zero-order valence-corrected chi connectivity index (χ0v) is 9.74. The molecule has 0 bridgehead atoms. The van der Waals surface area contributed by atoms with Crippen LogP contribution in [0.5, 0.6) is 0 Å². The third-order valence-electron chi connectivity index (χ3n) is 4.07. The maximum atomic E-state index is 9.11. The van der Waals surface area contributed by atoms with Crippen molar-refractivity contribution in [3.8, 4) is 0 Å². The predicted molar refractivity (Wildman–Crippen MR) is 63.4 cm³/mol. The molecule has 2 fully saturated rings. The number of aliphatic hydroxyl groups is 1. The Morgan fingerprint density at radius 3 is 2.75 bits per heavy atom. The van der Waals surface area contributed by atoms with Gasteiger partial charge in [0.25, 0.3) is 0 Å². The van der Waals surface area contributed by atoms with Crippen molar-refractivity contribution in [1.82, 2.24) is 4.98 Å². The molecule has 0 radical (unpaired) electrons. The molecule has 1 aromatic heterocycles. The van der Waals surface area contributed by atoms with E-state index in [2.05, 4.69) is 9.88 Å². The second kappa shape index (κ2) is 3.45. The maximum Gasteiger partial charge on any atom is 0.128 e. The van der Waals surface area contributed by atoms with E-state index in [-0.39, 0.29) is 6.61 Å². The predicted octanol–water partition coefficient (Wildman–Crippen LogP) is 1.87. The first kappa shape index (κ1) is 10.1. The lowest BCUT2D eigenvalue weighted by atomic mass is 10.1. The van der Waals surface area contributed by atoms with Crippen LogP contribution in [0.3, 0.4) is 0 Å². The Bertz CT molecular complexity index is 412. The molecule has 3 rings (SSSR count). The Morgan fingerprint density at radius 2 is 2.19 bits per heavy atom. The molecule has 0 aromatic carbocycles. The summed E-state index contributed by atoms with van der Waals surface area (Å²) in [6, 6.07) is 4.04. The Morgan fingerprint density at radius 1 is 1.38 bits per heavy atom. The Hall–Kier alpha value is -1.09. The van der Waals surface area contributed by atoms with Crippen LogP contribution in [0, 0.1) is 12.3 Å². The molecule has 1 aliphatic heterocycles. The van der Waals surface area contributed by atoms with Crippen LogP contribution in [-0.4, -0.2) is 23.2 Å². The van der Waals surface area contributed by atoms with Gasteiger partial charge in [0.15, 0.2) is 0 Å². The number of nitrogens with zero attached hydrogens (tertiary/aromatic N) is 2. The molecule has 1 aromatic rings. The van der Waals surface area contributed by atoms with Crippen LogP contribution in [-0.2, 0) is 6.61 Å². The van der Waals surface area contributed by atoms with Gasteiger partial charge in [-0.15, -0.1) is 0 Å². The summed E-state index contributed by atoms with van der Waals surface area (Å²) in [6.45, 7) is 4.38. The van der Waals surface area contributed by atoms with Crippen molar-refractivity contribution in [1.29, 1.82) is 0 Å². The smallest absolute Gasteiger partial charge is 0.128 e. The quantitative estimate of drug-likeness (QED) is 0.823. The summed E-state index contributed by atoms with van der Waals surface area (Å²) in [6.07, 6.45) is 4.13. The van der Waals surface area contributed by atoms with Crippen molar-refractivity contribution in [3.63, 3.8) is 0 Å². The van der Waals surface area contributed by atoms with E-state index in [1.54, 1.807) is 0 Å². The number of anilines is 1. The van der Waals surface area contributed by atoms with Crippen LogP contribution in [0.2, 0.25) is 0 Å². The highest BCUT2D eigenvalue weighted by atomic mass is 16.3. The summed E-state index contributed by atoms with van der Waals surface area (Å²) >= 11 is 0. The van der Waals surface area contributed by atoms with E-state index in [1.807, 2.05) is 19.1 Å². The molecule has 3 heteroatoms. The fraction of sp³-hybridized carbons (Fsp3) is 0.615. The lowest BCUT2D eigenvalue weighted by molar-refractivity contribution is 0.280. The summed E-state index contributed by atoms with van der Waals surface area (Å²) in [4.78, 5) is 6.98. The van der Waals surface area contributed by atoms with Crippen LogP contribution in [0.1, 0.15) is 30.5 Å². The minimum atomic E-state index is 0.0864. The first-order chi connectivity index (χ1) is 7.72. The van der Waals surface area contributed by atoms with Crippen molar-refractivity contribution in [3.05, 3.63) is 23.4 Å². The lowest BCUT2D eigenvalue weighted by Gasteiger charge is -2.18. The standard InChI is InChI=1S/C13H18N2O/c1-10-11(8-16)2-3-12(14-10)15-7-6-13(9-15)4-5-13/h2-3,16H,4-9H2,1H3. The third-order valence-corrected chi connectivity index (χ3v) is 4.07. The first-order valence-corrected chi connectivity index (χ1v) is 6.05. The fourth-order valence-electron chi connectivity index (χ4n) is 2.64. The maximum absolute atomic E-state index is 9.11. The molecule has 3 nitrogen and oxygen atoms in total. The van der Waals surface area contributed by atoms with Crippen LogP contribution < -0.4 is 4.90 Å². The average Bonchev–Trinajstić information content (AvgIpc) is 2.89. The zero-order valence-electron chi connectivity index (χ0n) is 9.74. The number of hydrogen-bond acceptors (Lipinski definition) is 3. The number of pyridine rings is 1. The molecule has 0 amide bonds. The minimum Gasteiger partial charge on any atom is -0.392 e. The van der Waals surface area contributed by atoms with Gasteiger partial charge in [0.1, 0.15) is 5.82 Å². The monoisotopic (exact) mass is 218 g/mol. The van der Waals surface area contributed by atoms with Gasteiger partial charge in [0, 0.05) is 18.8 Å². The van der Waals surface area contributed by atoms with E-state index < -0.39 is 0 Å². The highest BCUT2D eigenvalue weighted by Gasteiger charge is 2.47. The molecule has 1 N–H and O–H groups in total. The Balaban J connectivity index is 1.82. The van der Waals surface area contributed by atoms with Gasteiger partial charge in [-0.2, -0.15) is 0 Å². The first-order valence-electron chi connectivity index (χ1n) is 6.05. The topological polar surface area (TPSA) is 36.4 Å². The van der Waals surface area contributed by atoms with Crippen molar-refractivity contribution in [2.75, 3.05) is 18.0 Å². The molecule has 0 atom stereocenters. The summed E-state index contributed by atoms with van der Waals surface area (Å²) in [5.74, 6) is 1.08. The Kier molecular flexibility index (Phi) is 2.18. The van der Waals surface area contributed by atoms with Gasteiger partial charge in [-0.3, -0.25) is 0 Å². The number of rotatable bonds is 2. The van der Waals surface area contributed by atoms with E-state index >= 15 is 0 Å². The third kappa shape index (κ3) is 1.59. The average molecular weight is 218 g/mol. The van der Waals surface area contributed by atoms with E-state index in [9.17, 15) is 0 Å². The van der Waals surface area contributed by atoms with E-state index in [4.69, 9.17) is 5.11 Å². The zero-order chi connectivity index (χ0) is 11.2. The molecular formula is C13H18N2O. The van der Waals surface area contributed by atoms with Crippen molar-refractivity contribution in [2.45, 2.75) is 32.8 Å². The van der Waals surface area contributed by atoms with Crippen LogP contribution in [0.25, 0.3) is 0 Å². The largest absolute Gasteiger partial charge is 0.392 e. The van der Waals surface area contributed by atoms with Crippen LogP contribution >= 0.6 is 0 Å². The summed E-state index contributed by atoms with van der Waals surface area (Å²) in [5.41, 5.74) is 2.53. The molecule has 16 heavy (non-hydrogen) atoms. The molecule has 86 valence electrons. The molecule has 2 heterocycles. The van der Waals surface area contributed by atoms with Gasteiger partial charge >= 0.3 is 0 Å². The van der Waals surface area contributed by atoms with Gasteiger partial charge in [-0.05, 0) is 43.2 Å². The molecule has 1 aliphatic carbocycles. The molecule has 2 aliphatic rings. The van der Waals surface area contributed by atoms with Gasteiger partial charge < -0.3 is 10.0 Å². The number of aromatic nitrogens is 1. The van der Waals surface area contributed by atoms with Crippen LogP contribution in [0.15, 0.2) is 12.1 Å². The number of aliphatic hydroxyl groups excluding tert-OH is 1. The minimum absolute atomic E-state index is 0.0864. The van der Waals surface area contributed by atoms with E-state index in [0.717, 1.165) is 23.6 Å². The summed E-state index contributed by atoms with van der Waals surface area (Å²) in [5, 5.41) is 9.11. The number of aryl methyl sites for hydroxylation is 1. The fourth-order valence-corrected chi connectivity index (χ4v) is 2.64. The molecule has 0 unspecified atom stereocenters. The number of hydrogen-bond donors (Lipinski definition) is 1.